The van der Waals surface area contributed by atoms with E-state index in [1.807, 2.05) is 80.6 Å². The minimum Gasteiger partial charge on any atom is -0.480 e. The van der Waals surface area contributed by atoms with Crippen molar-refractivity contribution in [3.05, 3.63) is 125 Å². The predicted octanol–water partition coefficient (Wildman–Crippen LogP) is 7.36. The SMILES string of the molecule is CC[C@H](C)[C@@H]([C@@H](CC(=O)N1CCC[C@H]1[C@H](OC)[C@@H](C)C(=O)N[C@H](C)[C@@H](O)c1ccccc1)OC)N(C)C(=O)[C@@H](NC(=O)[C@H](C(C)C)N(C)C(=O)OCc1ccc(NC(=O)[C@H](CCCNC(N)=O)NC(=O)[C@@H](NC(=O)CC[C@H](NC(=O)OCC2c3ccccc3-c3ccccc32)C(=O)O)C(C)C)cc1)C(C)C. The molecule has 28 nitrogen and oxygen atoms in total. The van der Waals surface area contributed by atoms with Gasteiger partial charge in [0, 0.05) is 59.4 Å². The molecule has 0 unspecified atom stereocenters. The van der Waals surface area contributed by atoms with Gasteiger partial charge in [-0.2, -0.15) is 0 Å². The van der Waals surface area contributed by atoms with Gasteiger partial charge in [0.2, 0.25) is 41.4 Å². The summed E-state index contributed by atoms with van der Waals surface area (Å²) in [5.74, 6) is -7.74. The number of nitrogens with zero attached hydrogens (tertiary/aromatic N) is 3. The topological polar surface area (TPSA) is 385 Å². The predicted molar refractivity (Wildman–Crippen MR) is 398 cm³/mol. The van der Waals surface area contributed by atoms with E-state index in [1.54, 1.807) is 104 Å². The highest BCUT2D eigenvalue weighted by molar-refractivity contribution is 5.99. The number of carboxylic acids is 1. The molecule has 11 amide bonds. The smallest absolute Gasteiger partial charge is 0.410 e. The number of aliphatic carboxylic acids is 1. The summed E-state index contributed by atoms with van der Waals surface area (Å²) < 4.78 is 23.3. The average Bonchev–Trinajstić information content (AvgIpc) is 1.62. The molecular formula is C78H111N11O17. The second kappa shape index (κ2) is 40.7. The lowest BCUT2D eigenvalue weighted by Gasteiger charge is -2.41. The molecule has 1 aliphatic heterocycles. The van der Waals surface area contributed by atoms with Crippen LogP contribution < -0.4 is 43.0 Å². The third-order valence-corrected chi connectivity index (χ3v) is 20.1. The Kier molecular flexibility index (Phi) is 32.8. The van der Waals surface area contributed by atoms with E-state index in [4.69, 9.17) is 24.7 Å². The van der Waals surface area contributed by atoms with Crippen molar-refractivity contribution in [2.24, 2.45) is 35.3 Å². The zero-order chi connectivity index (χ0) is 78.2. The Bertz CT molecular complexity index is 3590. The van der Waals surface area contributed by atoms with Crippen molar-refractivity contribution in [1.82, 2.24) is 46.6 Å². The number of nitrogens with one attached hydrogen (secondary N) is 7. The molecule has 28 heteroatoms. The summed E-state index contributed by atoms with van der Waals surface area (Å²) in [6.07, 6.45) is -3.07. The van der Waals surface area contributed by atoms with E-state index >= 15 is 0 Å². The Hall–Kier alpha value is -9.67. The minimum absolute atomic E-state index is 0.00500. The maximum Gasteiger partial charge on any atom is 0.410 e. The number of carbonyl (C=O) groups excluding carboxylic acids is 10. The Morgan fingerprint density at radius 3 is 1.83 bits per heavy atom. The number of hydrogen-bond donors (Lipinski definition) is 10. The molecule has 0 radical (unpaired) electrons. The van der Waals surface area contributed by atoms with Crippen LogP contribution in [0.15, 0.2) is 103 Å². The van der Waals surface area contributed by atoms with Gasteiger partial charge in [0.25, 0.3) is 0 Å². The van der Waals surface area contributed by atoms with Crippen molar-refractivity contribution >= 4 is 71.2 Å². The number of alkyl carbamates (subject to hydrolysis) is 1. The van der Waals surface area contributed by atoms with Crippen LogP contribution in [0, 0.1) is 29.6 Å². The summed E-state index contributed by atoms with van der Waals surface area (Å²) >= 11 is 0. The molecule has 2 aliphatic rings. The van der Waals surface area contributed by atoms with Gasteiger partial charge in [0.05, 0.1) is 48.8 Å². The van der Waals surface area contributed by atoms with E-state index in [-0.39, 0.29) is 74.8 Å². The first kappa shape index (κ1) is 85.3. The first-order chi connectivity index (χ1) is 50.3. The van der Waals surface area contributed by atoms with E-state index in [2.05, 4.69) is 37.2 Å². The molecule has 0 aromatic heterocycles. The second-order valence-corrected chi connectivity index (χ2v) is 28.7. The van der Waals surface area contributed by atoms with E-state index in [9.17, 15) is 63.0 Å². The number of rotatable bonds is 39. The number of amides is 11. The van der Waals surface area contributed by atoms with Crippen LogP contribution in [0.25, 0.3) is 11.1 Å². The number of carboxylic acid groups (broad SMARTS) is 1. The highest BCUT2D eigenvalue weighted by Crippen LogP contribution is 2.44. The number of primary amides is 1. The fourth-order valence-corrected chi connectivity index (χ4v) is 14.0. The average molecular weight is 1470 g/mol. The van der Waals surface area contributed by atoms with Gasteiger partial charge in [0.1, 0.15) is 43.4 Å². The molecule has 1 saturated heterocycles. The lowest BCUT2D eigenvalue weighted by atomic mass is 9.89. The molecule has 0 spiro atoms. The van der Waals surface area contributed by atoms with Gasteiger partial charge in [-0.25, -0.2) is 19.2 Å². The number of methoxy groups -OCH3 is 2. The van der Waals surface area contributed by atoms with Crippen LogP contribution in [-0.2, 0) is 63.9 Å². The number of likely N-dealkylation sites (tertiary alicyclic amines) is 1. The second-order valence-electron chi connectivity index (χ2n) is 28.7. The van der Waals surface area contributed by atoms with E-state index < -0.39 is 150 Å². The van der Waals surface area contributed by atoms with Gasteiger partial charge in [-0.05, 0) is 108 Å². The molecule has 11 N–H and O–H groups in total. The molecule has 1 fully saturated rings. The number of aliphatic hydroxyl groups excluding tert-OH is 1. The third kappa shape index (κ3) is 23.2. The van der Waals surface area contributed by atoms with E-state index in [0.29, 0.717) is 36.9 Å². The van der Waals surface area contributed by atoms with Gasteiger partial charge in [-0.3, -0.25) is 38.5 Å². The molecule has 1 heterocycles. The number of anilines is 1. The maximum absolute atomic E-state index is 14.9. The Balaban J connectivity index is 1.02. The maximum atomic E-state index is 14.9. The number of nitrogens with two attached hydrogens (primary N) is 1. The fourth-order valence-electron chi connectivity index (χ4n) is 14.0. The van der Waals surface area contributed by atoms with Gasteiger partial charge < -0.3 is 81.9 Å². The number of hydrogen-bond acceptors (Lipinski definition) is 16. The number of urea groups is 1. The largest absolute Gasteiger partial charge is 0.480 e. The van der Waals surface area contributed by atoms with Gasteiger partial charge in [-0.15, -0.1) is 0 Å². The fraction of sp³-hybridized carbons (Fsp3) is 0.551. The molecule has 106 heavy (non-hydrogen) atoms. The normalized spacial score (nSPS) is 16.7. The highest BCUT2D eigenvalue weighted by Gasteiger charge is 2.44. The Labute approximate surface area is 622 Å². The van der Waals surface area contributed by atoms with Crippen LogP contribution in [0.2, 0.25) is 0 Å². The molecule has 13 atom stereocenters. The molecule has 6 rings (SSSR count). The van der Waals surface area contributed by atoms with Crippen LogP contribution in [0.4, 0.5) is 20.1 Å². The lowest BCUT2D eigenvalue weighted by Crippen LogP contribution is -2.60. The number of fused-ring (bicyclic) bond motifs is 3. The number of aliphatic hydroxyl groups is 1. The monoisotopic (exact) mass is 1470 g/mol. The zero-order valence-electron chi connectivity index (χ0n) is 63.6. The summed E-state index contributed by atoms with van der Waals surface area (Å²) in [5.41, 5.74) is 10.7. The van der Waals surface area contributed by atoms with Crippen molar-refractivity contribution in [3.8, 4) is 11.1 Å². The van der Waals surface area contributed by atoms with Gasteiger partial charge in [0.15, 0.2) is 0 Å². The van der Waals surface area contributed by atoms with Crippen LogP contribution in [0.1, 0.15) is 155 Å². The molecule has 0 saturated carbocycles. The van der Waals surface area contributed by atoms with Crippen LogP contribution in [0.3, 0.4) is 0 Å². The first-order valence-electron chi connectivity index (χ1n) is 36.6. The van der Waals surface area contributed by atoms with Crippen molar-refractivity contribution in [1.29, 1.82) is 0 Å². The summed E-state index contributed by atoms with van der Waals surface area (Å²) in [5, 5.41) is 39.8. The first-order valence-corrected chi connectivity index (χ1v) is 36.6. The summed E-state index contributed by atoms with van der Waals surface area (Å²) in [6, 6.07) is 22.1. The van der Waals surface area contributed by atoms with Crippen molar-refractivity contribution in [2.45, 2.75) is 200 Å². The molecule has 4 aromatic rings. The van der Waals surface area contributed by atoms with Gasteiger partial charge >= 0.3 is 24.2 Å². The quantitative estimate of drug-likeness (QED) is 0.0195. The number of likely N-dealkylation sites (N-methyl/N-ethyl adjacent to an activating group) is 2. The third-order valence-electron chi connectivity index (χ3n) is 20.1. The van der Waals surface area contributed by atoms with E-state index in [1.165, 1.54) is 26.2 Å². The molecule has 4 aromatic carbocycles. The van der Waals surface area contributed by atoms with Crippen LogP contribution in [0.5, 0.6) is 0 Å². The van der Waals surface area contributed by atoms with Crippen molar-refractivity contribution in [3.63, 3.8) is 0 Å². The number of benzene rings is 4. The van der Waals surface area contributed by atoms with E-state index in [0.717, 1.165) is 27.2 Å². The van der Waals surface area contributed by atoms with Crippen LogP contribution >= 0.6 is 0 Å². The summed E-state index contributed by atoms with van der Waals surface area (Å²) in [4.78, 5) is 154. The van der Waals surface area contributed by atoms with Gasteiger partial charge in [-0.1, -0.05) is 160 Å². The standard InChI is InChI=1S/C78H111N11O17/c1-15-47(8)67(61(103-13)41-63(91)89-40-24-32-60(89)69(104-14)48(9)70(93)81-49(10)68(92)51-25-17-16-18-26-51)87(11)74(97)65(45(4)5)86-73(96)66(46(6)7)88(12)78(102)106-42-50-33-35-52(36-34-50)82-71(94)58(31-23-39-80-76(79)100)83-72(95)64(44(2)3)85-62(90)38-37-59(75(98)99)84-77(101)105-43-57-55-29-21-19-27-53(55)54-28-20-22-30-56(54)57/h16-22,25-30,33-36,44-49,57-61,64-69,92H,15,23-24,31-32,37-43H2,1-14H3,(H,81,93)(H,82,94)(H,83,95)(H,84,101)(H,85,90)(H,86,96)(H,98,99)(H3,79,80,100)/t47-,48+,49+,58-,59-,60-,61+,64-,65-,66-,67-,68+,69+/m0/s1. The number of ether oxygens (including phenoxy) is 4. The Morgan fingerprint density at radius 1 is 0.651 bits per heavy atom. The van der Waals surface area contributed by atoms with Crippen LogP contribution in [-0.4, -0.2) is 199 Å². The highest BCUT2D eigenvalue weighted by atomic mass is 16.6. The lowest BCUT2D eigenvalue weighted by molar-refractivity contribution is -0.148. The van der Waals surface area contributed by atoms with Crippen molar-refractivity contribution < 1.29 is 81.9 Å². The molecule has 0 bridgehead atoms. The molecule has 580 valence electrons. The summed E-state index contributed by atoms with van der Waals surface area (Å²) in [7, 11) is 6.05. The molecule has 1 aliphatic carbocycles. The molecular weight excluding hydrogens is 1360 g/mol. The Morgan fingerprint density at radius 2 is 1.26 bits per heavy atom. The zero-order valence-corrected chi connectivity index (χ0v) is 63.6. The van der Waals surface area contributed by atoms with Crippen molar-refractivity contribution in [2.75, 3.05) is 53.3 Å². The minimum atomic E-state index is -1.52. The summed E-state index contributed by atoms with van der Waals surface area (Å²) in [6.45, 7) is 18.0. The number of carbonyl (C=O) groups is 11.